The van der Waals surface area contributed by atoms with Crippen LogP contribution in [0.1, 0.15) is 28.4 Å². The molecule has 0 radical (unpaired) electrons. The number of amides is 1. The molecule has 2 aromatic rings. The highest BCUT2D eigenvalue weighted by Crippen LogP contribution is 2.30. The first-order valence-corrected chi connectivity index (χ1v) is 8.50. The minimum Gasteiger partial charge on any atom is -0.445 e. The van der Waals surface area contributed by atoms with Crippen LogP contribution in [-0.4, -0.2) is 29.4 Å². The molecule has 24 heavy (non-hydrogen) atoms. The Labute approximate surface area is 149 Å². The van der Waals surface area contributed by atoms with E-state index in [0.29, 0.717) is 18.5 Å². The van der Waals surface area contributed by atoms with Crippen LogP contribution in [0, 0.1) is 0 Å². The van der Waals surface area contributed by atoms with Gasteiger partial charge < -0.3 is 9.64 Å². The molecule has 1 atom stereocenters. The number of carbonyl (C=O) groups excluding carboxylic acids is 2. The van der Waals surface area contributed by atoms with Crippen LogP contribution in [0.3, 0.4) is 0 Å². The quantitative estimate of drug-likeness (QED) is 0.756. The number of rotatable bonds is 3. The Bertz CT molecular complexity index is 805. The second kappa shape index (κ2) is 6.40. The van der Waals surface area contributed by atoms with E-state index in [1.807, 2.05) is 36.4 Å². The molecule has 3 rings (SSSR count). The van der Waals surface area contributed by atoms with E-state index in [9.17, 15) is 9.59 Å². The predicted octanol–water partition coefficient (Wildman–Crippen LogP) is 3.58. The van der Waals surface area contributed by atoms with Crippen molar-refractivity contribution in [3.05, 3.63) is 69.7 Å². The zero-order valence-electron chi connectivity index (χ0n) is 13.6. The summed E-state index contributed by atoms with van der Waals surface area (Å²) in [5, 5.41) is 0. The van der Waals surface area contributed by atoms with E-state index in [2.05, 4.69) is 15.9 Å². The standard InChI is InChI=1S/C19H18BrNO3/c1-19(11-13-7-3-5-9-15(13)17(22)24-19)18(23)21(2)12-14-8-4-6-10-16(14)20/h3-10H,11-12H2,1-2H3. The van der Waals surface area contributed by atoms with Crippen molar-refractivity contribution in [3.63, 3.8) is 0 Å². The summed E-state index contributed by atoms with van der Waals surface area (Å²) in [6.07, 6.45) is 0.383. The minimum atomic E-state index is -1.18. The number of ether oxygens (including phenoxy) is 1. The highest BCUT2D eigenvalue weighted by molar-refractivity contribution is 9.10. The summed E-state index contributed by atoms with van der Waals surface area (Å²) < 4.78 is 6.45. The number of hydrogen-bond acceptors (Lipinski definition) is 3. The average Bonchev–Trinajstić information content (AvgIpc) is 2.56. The van der Waals surface area contributed by atoms with Gasteiger partial charge in [-0.05, 0) is 30.2 Å². The van der Waals surface area contributed by atoms with Gasteiger partial charge in [0.25, 0.3) is 5.91 Å². The lowest BCUT2D eigenvalue weighted by Crippen LogP contribution is -2.51. The lowest BCUT2D eigenvalue weighted by Gasteiger charge is -2.36. The number of cyclic esters (lactones) is 1. The van der Waals surface area contributed by atoms with Crippen molar-refractivity contribution in [1.29, 1.82) is 0 Å². The maximum atomic E-state index is 12.9. The van der Waals surface area contributed by atoms with Gasteiger partial charge in [0.1, 0.15) is 0 Å². The number of nitrogens with zero attached hydrogens (tertiary/aromatic N) is 1. The zero-order valence-corrected chi connectivity index (χ0v) is 15.2. The maximum Gasteiger partial charge on any atom is 0.339 e. The molecule has 0 N–H and O–H groups in total. The fraction of sp³-hybridized carbons (Fsp3) is 0.263. The molecule has 0 fully saturated rings. The molecule has 0 saturated carbocycles. The van der Waals surface area contributed by atoms with E-state index < -0.39 is 11.6 Å². The van der Waals surface area contributed by atoms with Crippen molar-refractivity contribution >= 4 is 27.8 Å². The van der Waals surface area contributed by atoms with Crippen LogP contribution in [0.5, 0.6) is 0 Å². The summed E-state index contributed by atoms with van der Waals surface area (Å²) in [6, 6.07) is 15.0. The molecule has 0 aliphatic carbocycles. The summed E-state index contributed by atoms with van der Waals surface area (Å²) in [4.78, 5) is 26.8. The van der Waals surface area contributed by atoms with Crippen molar-refractivity contribution < 1.29 is 14.3 Å². The van der Waals surface area contributed by atoms with Gasteiger partial charge in [-0.2, -0.15) is 0 Å². The Morgan fingerprint density at radius 2 is 1.88 bits per heavy atom. The largest absolute Gasteiger partial charge is 0.445 e. The first-order chi connectivity index (χ1) is 11.4. The van der Waals surface area contributed by atoms with Crippen LogP contribution in [0.2, 0.25) is 0 Å². The molecule has 0 bridgehead atoms. The Balaban J connectivity index is 1.82. The van der Waals surface area contributed by atoms with Crippen LogP contribution in [0.4, 0.5) is 0 Å². The van der Waals surface area contributed by atoms with Crippen molar-refractivity contribution in [3.8, 4) is 0 Å². The van der Waals surface area contributed by atoms with Gasteiger partial charge in [-0.3, -0.25) is 4.79 Å². The molecule has 5 heteroatoms. The summed E-state index contributed by atoms with van der Waals surface area (Å²) in [7, 11) is 1.72. The molecule has 0 aromatic heterocycles. The highest BCUT2D eigenvalue weighted by atomic mass is 79.9. The Kier molecular flexibility index (Phi) is 4.45. The van der Waals surface area contributed by atoms with Gasteiger partial charge in [-0.15, -0.1) is 0 Å². The van der Waals surface area contributed by atoms with Crippen LogP contribution in [0.15, 0.2) is 53.0 Å². The van der Waals surface area contributed by atoms with E-state index in [1.54, 1.807) is 31.0 Å². The maximum absolute atomic E-state index is 12.9. The van der Waals surface area contributed by atoms with Gasteiger partial charge in [0.15, 0.2) is 5.60 Å². The summed E-state index contributed by atoms with van der Waals surface area (Å²) in [5.74, 6) is -0.650. The van der Waals surface area contributed by atoms with Crippen molar-refractivity contribution in [2.45, 2.75) is 25.5 Å². The third kappa shape index (κ3) is 3.08. The number of likely N-dealkylation sites (N-methyl/N-ethyl adjacent to an activating group) is 1. The van der Waals surface area contributed by atoms with Crippen molar-refractivity contribution in [2.24, 2.45) is 0 Å². The molecule has 1 unspecified atom stereocenters. The number of halogens is 1. The first-order valence-electron chi connectivity index (χ1n) is 7.71. The summed E-state index contributed by atoms with van der Waals surface area (Å²) >= 11 is 3.49. The first kappa shape index (κ1) is 16.7. The molecule has 4 nitrogen and oxygen atoms in total. The van der Waals surface area contributed by atoms with E-state index in [0.717, 1.165) is 15.6 Å². The average molecular weight is 388 g/mol. The molecular weight excluding hydrogens is 370 g/mol. The second-order valence-electron chi connectivity index (χ2n) is 6.21. The zero-order chi connectivity index (χ0) is 17.3. The summed E-state index contributed by atoms with van der Waals surface area (Å²) in [6.45, 7) is 2.12. The van der Waals surface area contributed by atoms with Crippen LogP contribution in [0.25, 0.3) is 0 Å². The molecule has 1 aliphatic heterocycles. The smallest absolute Gasteiger partial charge is 0.339 e. The lowest BCUT2D eigenvalue weighted by molar-refractivity contribution is -0.150. The molecule has 1 heterocycles. The van der Waals surface area contributed by atoms with Crippen molar-refractivity contribution in [1.82, 2.24) is 4.90 Å². The molecule has 1 aliphatic rings. The number of benzene rings is 2. The molecular formula is C19H18BrNO3. The van der Waals surface area contributed by atoms with Gasteiger partial charge in [0.05, 0.1) is 5.56 Å². The van der Waals surface area contributed by atoms with Gasteiger partial charge in [-0.1, -0.05) is 52.3 Å². The third-order valence-corrected chi connectivity index (χ3v) is 5.02. The van der Waals surface area contributed by atoms with E-state index in [-0.39, 0.29) is 5.91 Å². The van der Waals surface area contributed by atoms with E-state index in [1.165, 1.54) is 0 Å². The third-order valence-electron chi connectivity index (χ3n) is 4.25. The lowest BCUT2D eigenvalue weighted by atomic mass is 9.89. The Morgan fingerprint density at radius 1 is 1.21 bits per heavy atom. The fourth-order valence-electron chi connectivity index (χ4n) is 3.01. The normalized spacial score (nSPS) is 19.4. The predicted molar refractivity (Wildman–Crippen MR) is 94.6 cm³/mol. The number of carbonyl (C=O) groups is 2. The highest BCUT2D eigenvalue weighted by Gasteiger charge is 2.44. The molecule has 2 aromatic carbocycles. The number of hydrogen-bond donors (Lipinski definition) is 0. The van der Waals surface area contributed by atoms with Crippen LogP contribution >= 0.6 is 15.9 Å². The topological polar surface area (TPSA) is 46.6 Å². The number of fused-ring (bicyclic) bond motifs is 1. The Morgan fingerprint density at radius 3 is 2.62 bits per heavy atom. The molecule has 1 amide bonds. The van der Waals surface area contributed by atoms with Crippen LogP contribution in [-0.2, 0) is 22.5 Å². The van der Waals surface area contributed by atoms with Gasteiger partial charge in [-0.25, -0.2) is 4.79 Å². The molecule has 0 spiro atoms. The second-order valence-corrected chi connectivity index (χ2v) is 7.06. The van der Waals surface area contributed by atoms with E-state index >= 15 is 0 Å². The van der Waals surface area contributed by atoms with Gasteiger partial charge in [0.2, 0.25) is 0 Å². The van der Waals surface area contributed by atoms with E-state index in [4.69, 9.17) is 4.74 Å². The van der Waals surface area contributed by atoms with Gasteiger partial charge in [0, 0.05) is 24.5 Å². The summed E-state index contributed by atoms with van der Waals surface area (Å²) in [5.41, 5.74) is 1.20. The number of esters is 1. The van der Waals surface area contributed by atoms with Gasteiger partial charge >= 0.3 is 5.97 Å². The van der Waals surface area contributed by atoms with Crippen molar-refractivity contribution in [2.75, 3.05) is 7.05 Å². The SMILES string of the molecule is CN(Cc1ccccc1Br)C(=O)C1(C)Cc2ccccc2C(=O)O1. The monoisotopic (exact) mass is 387 g/mol. The Hall–Kier alpha value is -2.14. The minimum absolute atomic E-state index is 0.207. The molecule has 124 valence electrons. The van der Waals surface area contributed by atoms with Crippen LogP contribution < -0.4 is 0 Å². The molecule has 0 saturated heterocycles. The fourth-order valence-corrected chi connectivity index (χ4v) is 3.42.